The lowest BCUT2D eigenvalue weighted by Crippen LogP contribution is -2.49. The second kappa shape index (κ2) is 7.37. The van der Waals surface area contributed by atoms with E-state index in [0.717, 1.165) is 37.4 Å². The zero-order valence-corrected chi connectivity index (χ0v) is 14.7. The smallest absolute Gasteiger partial charge is 0.299 e. The molecular formula is C16H19F3N4O2S. The molecule has 10 heteroatoms. The topological polar surface area (TPSA) is 58.4 Å². The SMILES string of the molecule is O=S(=O)(c1ccc(C(F)(F)F)cc1)N1CCN(CCn2cccn2)CC1. The molecule has 1 aromatic carbocycles. The van der Waals surface area contributed by atoms with Crippen molar-refractivity contribution >= 4 is 10.0 Å². The fourth-order valence-electron chi connectivity index (χ4n) is 2.84. The first-order chi connectivity index (χ1) is 12.3. The fourth-order valence-corrected chi connectivity index (χ4v) is 4.26. The number of alkyl halides is 3. The highest BCUT2D eigenvalue weighted by Crippen LogP contribution is 2.30. The number of halogens is 3. The van der Waals surface area contributed by atoms with E-state index in [4.69, 9.17) is 0 Å². The van der Waals surface area contributed by atoms with E-state index in [-0.39, 0.29) is 4.90 Å². The number of benzene rings is 1. The summed E-state index contributed by atoms with van der Waals surface area (Å²) in [6.45, 7) is 3.24. The second-order valence-corrected chi connectivity index (χ2v) is 7.97. The Hall–Kier alpha value is -1.91. The van der Waals surface area contributed by atoms with Crippen LogP contribution in [0.5, 0.6) is 0 Å². The van der Waals surface area contributed by atoms with Crippen LogP contribution in [0.4, 0.5) is 13.2 Å². The Balaban J connectivity index is 1.59. The summed E-state index contributed by atoms with van der Waals surface area (Å²) in [6, 6.07) is 5.47. The van der Waals surface area contributed by atoms with Gasteiger partial charge in [-0.15, -0.1) is 0 Å². The molecule has 0 spiro atoms. The van der Waals surface area contributed by atoms with Crippen molar-refractivity contribution in [1.82, 2.24) is 19.0 Å². The van der Waals surface area contributed by atoms with E-state index >= 15 is 0 Å². The first kappa shape index (κ1) is 18.9. The van der Waals surface area contributed by atoms with E-state index in [1.165, 1.54) is 4.31 Å². The van der Waals surface area contributed by atoms with Crippen LogP contribution in [0.15, 0.2) is 47.6 Å². The number of sulfonamides is 1. The average molecular weight is 388 g/mol. The number of rotatable bonds is 5. The molecule has 0 radical (unpaired) electrons. The van der Waals surface area contributed by atoms with Crippen molar-refractivity contribution < 1.29 is 21.6 Å². The van der Waals surface area contributed by atoms with Gasteiger partial charge >= 0.3 is 6.18 Å². The summed E-state index contributed by atoms with van der Waals surface area (Å²) in [5.41, 5.74) is -0.861. The Morgan fingerprint density at radius 3 is 2.19 bits per heavy atom. The Morgan fingerprint density at radius 2 is 1.65 bits per heavy atom. The minimum absolute atomic E-state index is 0.115. The molecule has 0 saturated carbocycles. The third-order valence-electron chi connectivity index (χ3n) is 4.36. The Morgan fingerprint density at radius 1 is 1.00 bits per heavy atom. The van der Waals surface area contributed by atoms with Gasteiger partial charge in [-0.05, 0) is 30.3 Å². The summed E-state index contributed by atoms with van der Waals surface area (Å²) in [6.07, 6.45) is -0.914. The lowest BCUT2D eigenvalue weighted by Gasteiger charge is -2.33. The highest BCUT2D eigenvalue weighted by Gasteiger charge is 2.32. The average Bonchev–Trinajstić information content (AvgIpc) is 3.13. The first-order valence-corrected chi connectivity index (χ1v) is 9.58. The highest BCUT2D eigenvalue weighted by atomic mass is 32.2. The maximum absolute atomic E-state index is 12.6. The maximum Gasteiger partial charge on any atom is 0.416 e. The molecule has 3 rings (SSSR count). The molecule has 2 aromatic rings. The molecule has 26 heavy (non-hydrogen) atoms. The predicted molar refractivity (Wildman–Crippen MR) is 88.9 cm³/mol. The van der Waals surface area contributed by atoms with Crippen LogP contribution in [-0.4, -0.2) is 60.1 Å². The van der Waals surface area contributed by atoms with Gasteiger partial charge < -0.3 is 0 Å². The number of aromatic nitrogens is 2. The fraction of sp³-hybridized carbons (Fsp3) is 0.438. The van der Waals surface area contributed by atoms with E-state index in [9.17, 15) is 21.6 Å². The minimum atomic E-state index is -4.48. The predicted octanol–water partition coefficient (Wildman–Crippen LogP) is 1.91. The van der Waals surface area contributed by atoms with Gasteiger partial charge in [0.05, 0.1) is 17.0 Å². The number of hydrogen-bond acceptors (Lipinski definition) is 4. The van der Waals surface area contributed by atoms with Crippen molar-refractivity contribution in [2.24, 2.45) is 0 Å². The van der Waals surface area contributed by atoms with Gasteiger partial charge in [0.15, 0.2) is 0 Å². The Kier molecular flexibility index (Phi) is 5.35. The third-order valence-corrected chi connectivity index (χ3v) is 6.27. The van der Waals surface area contributed by atoms with Crippen LogP contribution in [0.2, 0.25) is 0 Å². The Bertz CT molecular complexity index is 812. The molecule has 1 aliphatic heterocycles. The molecule has 0 atom stereocenters. The minimum Gasteiger partial charge on any atom is -0.299 e. The summed E-state index contributed by atoms with van der Waals surface area (Å²) in [7, 11) is -3.78. The van der Waals surface area contributed by atoms with Crippen molar-refractivity contribution in [3.63, 3.8) is 0 Å². The van der Waals surface area contributed by atoms with Crippen LogP contribution in [0.1, 0.15) is 5.56 Å². The number of nitrogens with zero attached hydrogens (tertiary/aromatic N) is 4. The lowest BCUT2D eigenvalue weighted by atomic mass is 10.2. The molecular weight excluding hydrogens is 369 g/mol. The largest absolute Gasteiger partial charge is 0.416 e. The lowest BCUT2D eigenvalue weighted by molar-refractivity contribution is -0.137. The number of piperazine rings is 1. The van der Waals surface area contributed by atoms with Gasteiger partial charge in [0, 0.05) is 45.1 Å². The van der Waals surface area contributed by atoms with Crippen molar-refractivity contribution in [2.45, 2.75) is 17.6 Å². The monoisotopic (exact) mass is 388 g/mol. The van der Waals surface area contributed by atoms with Gasteiger partial charge in [-0.1, -0.05) is 0 Å². The standard InChI is InChI=1S/C16H19F3N4O2S/c17-16(18,19)14-2-4-15(5-3-14)26(24,25)23-12-9-21(10-13-23)8-11-22-7-1-6-20-22/h1-7H,8-13H2. The van der Waals surface area contributed by atoms with Crippen molar-refractivity contribution in [2.75, 3.05) is 32.7 Å². The molecule has 142 valence electrons. The van der Waals surface area contributed by atoms with Gasteiger partial charge in [-0.2, -0.15) is 22.6 Å². The van der Waals surface area contributed by atoms with Crippen LogP contribution in [-0.2, 0) is 22.7 Å². The van der Waals surface area contributed by atoms with Crippen LogP contribution >= 0.6 is 0 Å². The van der Waals surface area contributed by atoms with Crippen molar-refractivity contribution in [3.05, 3.63) is 48.3 Å². The molecule has 0 bridgehead atoms. The van der Waals surface area contributed by atoms with Crippen molar-refractivity contribution in [3.8, 4) is 0 Å². The molecule has 1 aliphatic rings. The molecule has 0 N–H and O–H groups in total. The van der Waals surface area contributed by atoms with Crippen LogP contribution in [0.3, 0.4) is 0 Å². The van der Waals surface area contributed by atoms with Gasteiger partial charge in [0.25, 0.3) is 0 Å². The van der Waals surface area contributed by atoms with Gasteiger partial charge in [0.2, 0.25) is 10.0 Å². The highest BCUT2D eigenvalue weighted by molar-refractivity contribution is 7.89. The van der Waals surface area contributed by atoms with Gasteiger partial charge in [-0.3, -0.25) is 9.58 Å². The van der Waals surface area contributed by atoms with E-state index in [2.05, 4.69) is 10.00 Å². The van der Waals surface area contributed by atoms with E-state index in [0.29, 0.717) is 26.2 Å². The van der Waals surface area contributed by atoms with Crippen LogP contribution < -0.4 is 0 Å². The summed E-state index contributed by atoms with van der Waals surface area (Å²) in [4.78, 5) is 2.02. The summed E-state index contributed by atoms with van der Waals surface area (Å²) in [5.74, 6) is 0. The maximum atomic E-state index is 12.6. The molecule has 1 fully saturated rings. The van der Waals surface area contributed by atoms with Crippen LogP contribution in [0, 0.1) is 0 Å². The Labute approximate surface area is 149 Å². The molecule has 2 heterocycles. The van der Waals surface area contributed by atoms with Crippen LogP contribution in [0.25, 0.3) is 0 Å². The number of hydrogen-bond donors (Lipinski definition) is 0. The third kappa shape index (κ3) is 4.25. The van der Waals surface area contributed by atoms with Gasteiger partial charge in [-0.25, -0.2) is 8.42 Å². The second-order valence-electron chi connectivity index (χ2n) is 6.04. The summed E-state index contributed by atoms with van der Waals surface area (Å²) in [5, 5.41) is 4.12. The molecule has 6 nitrogen and oxygen atoms in total. The van der Waals surface area contributed by atoms with E-state index in [1.807, 2.05) is 16.9 Å². The van der Waals surface area contributed by atoms with Gasteiger partial charge in [0.1, 0.15) is 0 Å². The zero-order valence-electron chi connectivity index (χ0n) is 13.9. The summed E-state index contributed by atoms with van der Waals surface area (Å²) < 4.78 is 66.2. The zero-order chi connectivity index (χ0) is 18.8. The molecule has 0 aliphatic carbocycles. The first-order valence-electron chi connectivity index (χ1n) is 8.14. The molecule has 1 aromatic heterocycles. The summed E-state index contributed by atoms with van der Waals surface area (Å²) >= 11 is 0. The van der Waals surface area contributed by atoms with Crippen molar-refractivity contribution in [1.29, 1.82) is 0 Å². The van der Waals surface area contributed by atoms with E-state index in [1.54, 1.807) is 6.20 Å². The van der Waals surface area contributed by atoms with E-state index < -0.39 is 21.8 Å². The normalized spacial score (nSPS) is 17.5. The quantitative estimate of drug-likeness (QED) is 0.785. The molecule has 0 amide bonds. The molecule has 1 saturated heterocycles. The molecule has 0 unspecified atom stereocenters.